The molecule has 1 aromatic heterocycles. The van der Waals surface area contributed by atoms with Crippen LogP contribution in [0, 0.1) is 0 Å². The molecule has 0 atom stereocenters. The number of aromatic nitrogens is 2. The highest BCUT2D eigenvalue weighted by Crippen LogP contribution is 2.25. The largest absolute Gasteiger partial charge is 0.403 e. The second-order valence-corrected chi connectivity index (χ2v) is 7.02. The van der Waals surface area contributed by atoms with Crippen LogP contribution in [-0.4, -0.2) is 21.9 Å². The van der Waals surface area contributed by atoms with E-state index < -0.39 is 0 Å². The molecule has 24 heavy (non-hydrogen) atoms. The van der Waals surface area contributed by atoms with Crippen LogP contribution in [0.3, 0.4) is 0 Å². The Morgan fingerprint density at radius 1 is 1.17 bits per heavy atom. The average Bonchev–Trinajstić information content (AvgIpc) is 3.05. The van der Waals surface area contributed by atoms with Gasteiger partial charge in [0.15, 0.2) is 0 Å². The van der Waals surface area contributed by atoms with Gasteiger partial charge in [0.1, 0.15) is 0 Å². The van der Waals surface area contributed by atoms with Gasteiger partial charge >= 0.3 is 6.01 Å². The zero-order chi connectivity index (χ0) is 16.9. The molecule has 3 aromatic rings. The number of hydrogen-bond donors (Lipinski definition) is 1. The first kappa shape index (κ1) is 16.7. The molecule has 0 unspecified atom stereocenters. The first-order valence-corrected chi connectivity index (χ1v) is 9.08. The zero-order valence-electron chi connectivity index (χ0n) is 12.8. The molecular formula is C17H14BrN3O2S. The number of rotatable bonds is 5. The minimum Gasteiger partial charge on any atom is -0.403 e. The highest BCUT2D eigenvalue weighted by molar-refractivity contribution is 9.10. The Balaban J connectivity index is 1.77. The van der Waals surface area contributed by atoms with Crippen molar-refractivity contribution in [2.24, 2.45) is 0 Å². The third-order valence-corrected chi connectivity index (χ3v) is 4.65. The van der Waals surface area contributed by atoms with Crippen molar-refractivity contribution in [1.29, 1.82) is 0 Å². The number of amides is 1. The first-order valence-electron chi connectivity index (χ1n) is 7.30. The molecule has 0 fully saturated rings. The molecule has 7 heteroatoms. The van der Waals surface area contributed by atoms with Crippen LogP contribution >= 0.6 is 27.7 Å². The quantitative estimate of drug-likeness (QED) is 0.615. The van der Waals surface area contributed by atoms with Crippen LogP contribution in [0.2, 0.25) is 0 Å². The minimum absolute atomic E-state index is 0.0780. The van der Waals surface area contributed by atoms with Crippen molar-refractivity contribution in [3.8, 4) is 11.5 Å². The van der Waals surface area contributed by atoms with Crippen molar-refractivity contribution in [3.63, 3.8) is 0 Å². The predicted molar refractivity (Wildman–Crippen MR) is 98.2 cm³/mol. The molecule has 122 valence electrons. The number of carbonyl (C=O) groups excluding carboxylic acids is 1. The smallest absolute Gasteiger partial charge is 0.322 e. The fourth-order valence-electron chi connectivity index (χ4n) is 2.08. The van der Waals surface area contributed by atoms with E-state index in [1.807, 2.05) is 49.4 Å². The van der Waals surface area contributed by atoms with Gasteiger partial charge in [-0.15, -0.1) is 16.9 Å². The number of carbonyl (C=O) groups is 1. The highest BCUT2D eigenvalue weighted by atomic mass is 79.9. The fraction of sp³-hybridized carbons (Fsp3) is 0.118. The van der Waals surface area contributed by atoms with E-state index in [1.165, 1.54) is 0 Å². The average molecular weight is 404 g/mol. The van der Waals surface area contributed by atoms with Crippen molar-refractivity contribution in [2.75, 3.05) is 11.1 Å². The number of benzene rings is 2. The van der Waals surface area contributed by atoms with E-state index in [1.54, 1.807) is 17.8 Å². The van der Waals surface area contributed by atoms with Gasteiger partial charge in [0.05, 0.1) is 5.56 Å². The lowest BCUT2D eigenvalue weighted by atomic mass is 10.2. The van der Waals surface area contributed by atoms with Crippen molar-refractivity contribution >= 4 is 39.6 Å². The van der Waals surface area contributed by atoms with Gasteiger partial charge in [-0.05, 0) is 42.2 Å². The zero-order valence-corrected chi connectivity index (χ0v) is 15.2. The van der Waals surface area contributed by atoms with Crippen molar-refractivity contribution < 1.29 is 9.21 Å². The molecule has 5 nitrogen and oxygen atoms in total. The van der Waals surface area contributed by atoms with Gasteiger partial charge in [-0.25, -0.2) is 0 Å². The first-order chi connectivity index (χ1) is 11.7. The number of nitrogens with one attached hydrogen (secondary N) is 1. The number of thioether (sulfide) groups is 1. The summed E-state index contributed by atoms with van der Waals surface area (Å²) in [6.07, 6.45) is 0. The summed E-state index contributed by atoms with van der Waals surface area (Å²) in [5.41, 5.74) is 1.38. The van der Waals surface area contributed by atoms with Crippen LogP contribution in [0.5, 0.6) is 0 Å². The van der Waals surface area contributed by atoms with Gasteiger partial charge in [-0.3, -0.25) is 10.1 Å². The Kier molecular flexibility index (Phi) is 5.32. The molecule has 0 aliphatic heterocycles. The molecule has 3 rings (SSSR count). The topological polar surface area (TPSA) is 68.0 Å². The second kappa shape index (κ2) is 7.63. The summed E-state index contributed by atoms with van der Waals surface area (Å²) < 4.78 is 6.49. The molecule has 0 aliphatic rings. The third kappa shape index (κ3) is 3.85. The summed E-state index contributed by atoms with van der Waals surface area (Å²) in [5.74, 6) is 0.977. The van der Waals surface area contributed by atoms with E-state index in [2.05, 4.69) is 31.4 Å². The van der Waals surface area contributed by atoms with Gasteiger partial charge in [0.2, 0.25) is 5.89 Å². The maximum Gasteiger partial charge on any atom is 0.322 e. The minimum atomic E-state index is -0.266. The lowest BCUT2D eigenvalue weighted by Gasteiger charge is -2.06. The molecule has 0 aliphatic carbocycles. The van der Waals surface area contributed by atoms with E-state index >= 15 is 0 Å². The Labute approximate surface area is 152 Å². The molecule has 1 N–H and O–H groups in total. The Morgan fingerprint density at radius 3 is 2.67 bits per heavy atom. The lowest BCUT2D eigenvalue weighted by Crippen LogP contribution is -2.13. The standard InChI is InChI=1S/C17H14BrN3O2S/c1-2-24-14-6-4-3-5-13(14)15(22)19-17-21-20-16(23-17)11-7-9-12(18)10-8-11/h3-10H,2H2,1H3,(H,19,21,22). The number of hydrogen-bond acceptors (Lipinski definition) is 5. The van der Waals surface area contributed by atoms with E-state index in [0.717, 1.165) is 20.7 Å². The highest BCUT2D eigenvalue weighted by Gasteiger charge is 2.15. The van der Waals surface area contributed by atoms with Crippen LogP contribution in [0.15, 0.2) is 62.3 Å². The predicted octanol–water partition coefficient (Wildman–Crippen LogP) is 4.86. The Bertz CT molecular complexity index is 849. The van der Waals surface area contributed by atoms with Crippen LogP contribution in [0.1, 0.15) is 17.3 Å². The monoisotopic (exact) mass is 403 g/mol. The Morgan fingerprint density at radius 2 is 1.92 bits per heavy atom. The maximum absolute atomic E-state index is 12.4. The Hall–Kier alpha value is -2.12. The van der Waals surface area contributed by atoms with Crippen molar-refractivity contribution in [2.45, 2.75) is 11.8 Å². The van der Waals surface area contributed by atoms with Gasteiger partial charge < -0.3 is 4.42 Å². The molecule has 1 heterocycles. The normalized spacial score (nSPS) is 10.6. The van der Waals surface area contributed by atoms with Gasteiger partial charge in [0.25, 0.3) is 5.91 Å². The number of halogens is 1. The molecule has 0 saturated carbocycles. The van der Waals surface area contributed by atoms with E-state index in [9.17, 15) is 4.79 Å². The summed E-state index contributed by atoms with van der Waals surface area (Å²) >= 11 is 4.99. The van der Waals surface area contributed by atoms with Crippen molar-refractivity contribution in [3.05, 3.63) is 58.6 Å². The summed E-state index contributed by atoms with van der Waals surface area (Å²) in [6.45, 7) is 2.04. The summed E-state index contributed by atoms with van der Waals surface area (Å²) in [6, 6.07) is 15.0. The van der Waals surface area contributed by atoms with Crippen molar-refractivity contribution in [1.82, 2.24) is 10.2 Å². The van der Waals surface area contributed by atoms with Crippen LogP contribution in [-0.2, 0) is 0 Å². The van der Waals surface area contributed by atoms with Gasteiger partial charge in [-0.2, -0.15) is 0 Å². The molecule has 0 bridgehead atoms. The van der Waals surface area contributed by atoms with E-state index in [4.69, 9.17) is 4.42 Å². The SMILES string of the molecule is CCSc1ccccc1C(=O)Nc1nnc(-c2ccc(Br)cc2)o1. The van der Waals surface area contributed by atoms with E-state index in [0.29, 0.717) is 11.5 Å². The molecule has 1 amide bonds. The van der Waals surface area contributed by atoms with Crippen LogP contribution in [0.25, 0.3) is 11.5 Å². The fourth-order valence-corrected chi connectivity index (χ4v) is 3.15. The summed E-state index contributed by atoms with van der Waals surface area (Å²) in [4.78, 5) is 13.4. The molecule has 0 radical (unpaired) electrons. The second-order valence-electron chi connectivity index (χ2n) is 4.80. The molecular weight excluding hydrogens is 390 g/mol. The molecule has 0 spiro atoms. The molecule has 2 aromatic carbocycles. The lowest BCUT2D eigenvalue weighted by molar-refractivity contribution is 0.102. The molecule has 0 saturated heterocycles. The van der Waals surface area contributed by atoms with E-state index in [-0.39, 0.29) is 11.9 Å². The summed E-state index contributed by atoms with van der Waals surface area (Å²) in [7, 11) is 0. The third-order valence-electron chi connectivity index (χ3n) is 3.17. The number of anilines is 1. The van der Waals surface area contributed by atoms with Crippen LogP contribution < -0.4 is 5.32 Å². The van der Waals surface area contributed by atoms with Gasteiger partial charge in [0, 0.05) is 14.9 Å². The maximum atomic E-state index is 12.4. The van der Waals surface area contributed by atoms with Crippen LogP contribution in [0.4, 0.5) is 6.01 Å². The number of nitrogens with zero attached hydrogens (tertiary/aromatic N) is 2. The summed E-state index contributed by atoms with van der Waals surface area (Å²) in [5, 5.41) is 10.5. The van der Waals surface area contributed by atoms with Gasteiger partial charge in [-0.1, -0.05) is 40.1 Å².